The molecule has 0 saturated carbocycles. The van der Waals surface area contributed by atoms with Crippen molar-refractivity contribution in [3.8, 4) is 0 Å². The first-order chi connectivity index (χ1) is 12.3. The molecule has 5 aromatic carbocycles. The Bertz CT molecular complexity index is 1260. The van der Waals surface area contributed by atoms with Gasteiger partial charge in [-0.25, -0.2) is 4.79 Å². The van der Waals surface area contributed by atoms with Gasteiger partial charge in [0, 0.05) is 5.39 Å². The molecule has 0 aliphatic carbocycles. The van der Waals surface area contributed by atoms with Crippen molar-refractivity contribution < 1.29 is 9.53 Å². The van der Waals surface area contributed by atoms with E-state index in [1.165, 1.54) is 21.5 Å². The number of ether oxygens (including phenoxy) is 1. The van der Waals surface area contributed by atoms with Gasteiger partial charge in [-0.2, -0.15) is 0 Å². The molecule has 0 aliphatic rings. The van der Waals surface area contributed by atoms with Gasteiger partial charge >= 0.3 is 5.97 Å². The van der Waals surface area contributed by atoms with E-state index in [2.05, 4.69) is 54.6 Å². The molecule has 0 aromatic heterocycles. The molecule has 2 heteroatoms. The molecule has 0 saturated heterocycles. The van der Waals surface area contributed by atoms with E-state index in [4.69, 9.17) is 4.74 Å². The fourth-order valence-corrected chi connectivity index (χ4v) is 4.04. The van der Waals surface area contributed by atoms with Crippen LogP contribution in [-0.4, -0.2) is 12.6 Å². The Morgan fingerprint density at radius 3 is 2.00 bits per heavy atom. The molecule has 0 radical (unpaired) electrons. The molecule has 2 nitrogen and oxygen atoms in total. The van der Waals surface area contributed by atoms with E-state index in [0.29, 0.717) is 12.2 Å². The molecule has 120 valence electrons. The number of esters is 1. The summed E-state index contributed by atoms with van der Waals surface area (Å²) in [5.41, 5.74) is 0.642. The summed E-state index contributed by atoms with van der Waals surface area (Å²) in [5.74, 6) is -0.259. The Morgan fingerprint density at radius 1 is 0.720 bits per heavy atom. The molecule has 0 N–H and O–H groups in total. The zero-order valence-corrected chi connectivity index (χ0v) is 13.9. The molecule has 0 fully saturated rings. The third-order valence-corrected chi connectivity index (χ3v) is 5.01. The topological polar surface area (TPSA) is 26.3 Å². The van der Waals surface area contributed by atoms with E-state index < -0.39 is 0 Å². The summed E-state index contributed by atoms with van der Waals surface area (Å²) in [5, 5.41) is 9.20. The molecule has 0 bridgehead atoms. The van der Waals surface area contributed by atoms with Gasteiger partial charge in [-0.1, -0.05) is 60.7 Å². The molecule has 0 unspecified atom stereocenters. The fourth-order valence-electron chi connectivity index (χ4n) is 4.04. The maximum absolute atomic E-state index is 12.6. The Labute approximate surface area is 145 Å². The highest BCUT2D eigenvalue weighted by Gasteiger charge is 2.18. The largest absolute Gasteiger partial charge is 0.462 e. The molecular formula is C23H16O2. The van der Waals surface area contributed by atoms with Crippen molar-refractivity contribution in [2.75, 3.05) is 6.61 Å². The number of benzene rings is 5. The van der Waals surface area contributed by atoms with Gasteiger partial charge in [0.05, 0.1) is 12.2 Å². The highest BCUT2D eigenvalue weighted by Crippen LogP contribution is 2.41. The average molecular weight is 324 g/mol. The van der Waals surface area contributed by atoms with E-state index in [9.17, 15) is 4.79 Å². The van der Waals surface area contributed by atoms with Gasteiger partial charge in [-0.05, 0) is 50.7 Å². The van der Waals surface area contributed by atoms with Crippen LogP contribution in [0.4, 0.5) is 0 Å². The van der Waals surface area contributed by atoms with E-state index in [1.54, 1.807) is 0 Å². The first kappa shape index (κ1) is 14.2. The Balaban J connectivity index is 2.12. The minimum atomic E-state index is -0.259. The summed E-state index contributed by atoms with van der Waals surface area (Å²) in [7, 11) is 0. The number of carbonyl (C=O) groups excluding carboxylic acids is 1. The Hall–Kier alpha value is -3.13. The lowest BCUT2D eigenvalue weighted by molar-refractivity contribution is 0.0529. The molecule has 0 aliphatic heterocycles. The van der Waals surface area contributed by atoms with Crippen LogP contribution in [0.15, 0.2) is 66.7 Å². The number of hydrogen-bond acceptors (Lipinski definition) is 2. The summed E-state index contributed by atoms with van der Waals surface area (Å²) in [6.45, 7) is 2.21. The smallest absolute Gasteiger partial charge is 0.338 e. The quantitative estimate of drug-likeness (QED) is 0.229. The molecule has 0 heterocycles. The van der Waals surface area contributed by atoms with Crippen molar-refractivity contribution in [3.05, 3.63) is 72.3 Å². The van der Waals surface area contributed by atoms with E-state index >= 15 is 0 Å². The predicted octanol–water partition coefficient (Wildman–Crippen LogP) is 5.91. The van der Waals surface area contributed by atoms with Crippen LogP contribution in [0.1, 0.15) is 17.3 Å². The maximum Gasteiger partial charge on any atom is 0.338 e. The number of rotatable bonds is 2. The predicted molar refractivity (Wildman–Crippen MR) is 104 cm³/mol. The van der Waals surface area contributed by atoms with Crippen molar-refractivity contribution in [1.82, 2.24) is 0 Å². The second-order valence-corrected chi connectivity index (χ2v) is 6.32. The van der Waals surface area contributed by atoms with E-state index in [1.807, 2.05) is 19.1 Å². The van der Waals surface area contributed by atoms with Gasteiger partial charge in [0.25, 0.3) is 0 Å². The van der Waals surface area contributed by atoms with Crippen LogP contribution < -0.4 is 0 Å². The lowest BCUT2D eigenvalue weighted by atomic mass is 9.88. The summed E-state index contributed by atoms with van der Waals surface area (Å²) in [6, 6.07) is 22.9. The molecule has 0 atom stereocenters. The van der Waals surface area contributed by atoms with E-state index in [-0.39, 0.29) is 5.97 Å². The van der Waals surface area contributed by atoms with Crippen LogP contribution in [0.2, 0.25) is 0 Å². The number of carbonyl (C=O) groups is 1. The van der Waals surface area contributed by atoms with Gasteiger partial charge in [0.1, 0.15) is 0 Å². The lowest BCUT2D eigenvalue weighted by Crippen LogP contribution is -2.06. The molecule has 25 heavy (non-hydrogen) atoms. The molecule has 0 spiro atoms. The first-order valence-electron chi connectivity index (χ1n) is 8.55. The van der Waals surface area contributed by atoms with Gasteiger partial charge in [-0.15, -0.1) is 0 Å². The zero-order valence-electron chi connectivity index (χ0n) is 13.9. The summed E-state index contributed by atoms with van der Waals surface area (Å²) in [6.07, 6.45) is 0. The van der Waals surface area contributed by atoms with Gasteiger partial charge < -0.3 is 4.74 Å². The third kappa shape index (κ3) is 1.88. The van der Waals surface area contributed by atoms with Gasteiger partial charge in [0.2, 0.25) is 0 Å². The normalized spacial score (nSPS) is 11.7. The van der Waals surface area contributed by atoms with Crippen molar-refractivity contribution in [1.29, 1.82) is 0 Å². The second kappa shape index (κ2) is 5.18. The van der Waals surface area contributed by atoms with Crippen LogP contribution in [0.3, 0.4) is 0 Å². The van der Waals surface area contributed by atoms with Crippen molar-refractivity contribution in [2.24, 2.45) is 0 Å². The fraction of sp³-hybridized carbons (Fsp3) is 0.0870. The van der Waals surface area contributed by atoms with Crippen LogP contribution in [0, 0.1) is 0 Å². The molecular weight excluding hydrogens is 308 g/mol. The minimum Gasteiger partial charge on any atom is -0.462 e. The van der Waals surface area contributed by atoms with Gasteiger partial charge in [-0.3, -0.25) is 0 Å². The SMILES string of the molecule is CCOC(=O)c1ccc2cccc3c4cccc5cccc(c1c23)c54. The zero-order chi connectivity index (χ0) is 17.0. The standard InChI is InChI=1S/C23H16O2/c1-2-25-23(24)19-13-12-15-8-4-10-17-16-9-3-6-14-7-5-11-18(20(14)16)22(19)21(15)17/h3-13H,2H2,1H3. The van der Waals surface area contributed by atoms with Crippen molar-refractivity contribution in [3.63, 3.8) is 0 Å². The van der Waals surface area contributed by atoms with E-state index in [0.717, 1.165) is 21.5 Å². The molecule has 5 aromatic rings. The number of fused-ring (bicyclic) bond motifs is 2. The highest BCUT2D eigenvalue weighted by molar-refractivity contribution is 6.35. The summed E-state index contributed by atoms with van der Waals surface area (Å²) in [4.78, 5) is 12.6. The maximum atomic E-state index is 12.6. The average Bonchev–Trinajstić information content (AvgIpc) is 2.65. The highest BCUT2D eigenvalue weighted by atomic mass is 16.5. The summed E-state index contributed by atoms with van der Waals surface area (Å²) >= 11 is 0. The van der Waals surface area contributed by atoms with Crippen LogP contribution in [-0.2, 0) is 4.74 Å². The molecule has 0 amide bonds. The third-order valence-electron chi connectivity index (χ3n) is 5.01. The lowest BCUT2D eigenvalue weighted by Gasteiger charge is -2.16. The minimum absolute atomic E-state index is 0.259. The van der Waals surface area contributed by atoms with Crippen molar-refractivity contribution >= 4 is 49.1 Å². The van der Waals surface area contributed by atoms with Crippen LogP contribution in [0.5, 0.6) is 0 Å². The first-order valence-corrected chi connectivity index (χ1v) is 8.55. The second-order valence-electron chi connectivity index (χ2n) is 6.32. The number of hydrogen-bond donors (Lipinski definition) is 0. The van der Waals surface area contributed by atoms with Gasteiger partial charge in [0.15, 0.2) is 0 Å². The Morgan fingerprint density at radius 2 is 1.32 bits per heavy atom. The van der Waals surface area contributed by atoms with Crippen molar-refractivity contribution in [2.45, 2.75) is 6.92 Å². The summed E-state index contributed by atoms with van der Waals surface area (Å²) < 4.78 is 5.33. The monoisotopic (exact) mass is 324 g/mol. The Kier molecular flexibility index (Phi) is 2.95. The molecule has 5 rings (SSSR count). The van der Waals surface area contributed by atoms with Crippen LogP contribution in [0.25, 0.3) is 43.1 Å². The van der Waals surface area contributed by atoms with Crippen LogP contribution >= 0.6 is 0 Å².